The molecule has 0 spiro atoms. The highest BCUT2D eigenvalue weighted by molar-refractivity contribution is 9.10. The first-order valence-corrected chi connectivity index (χ1v) is 11.4. The molecule has 4 rings (SSSR count). The van der Waals surface area contributed by atoms with Crippen LogP contribution in [0.2, 0.25) is 0 Å². The minimum Gasteiger partial charge on any atom is -0.402 e. The normalized spacial score (nSPS) is 15.0. The third kappa shape index (κ3) is 4.92. The number of nitrogens with zero attached hydrogens (tertiary/aromatic N) is 1. The summed E-state index contributed by atoms with van der Waals surface area (Å²) in [6.45, 7) is 1.87. The zero-order chi connectivity index (χ0) is 22.0. The minimum atomic E-state index is -3.93. The Kier molecular flexibility index (Phi) is 5.75. The van der Waals surface area contributed by atoms with Crippen molar-refractivity contribution in [1.82, 2.24) is 0 Å². The predicted octanol–water partition coefficient (Wildman–Crippen LogP) is 4.87. The van der Waals surface area contributed by atoms with Crippen LogP contribution in [0.4, 0.5) is 0 Å². The Morgan fingerprint density at radius 3 is 2.39 bits per heavy atom. The SMILES string of the molecule is Cc1ccc(S(=O)(=O)Oc2ccc(C=C3N=C(c4cccc(Br)c4)OC3=O)cc2)cc1. The maximum Gasteiger partial charge on any atom is 0.363 e. The molecule has 31 heavy (non-hydrogen) atoms. The van der Waals surface area contributed by atoms with Gasteiger partial charge in [0.25, 0.3) is 0 Å². The van der Waals surface area contributed by atoms with Gasteiger partial charge in [0.2, 0.25) is 5.90 Å². The van der Waals surface area contributed by atoms with E-state index in [1.54, 1.807) is 42.5 Å². The predicted molar refractivity (Wildman–Crippen MR) is 120 cm³/mol. The highest BCUT2D eigenvalue weighted by atomic mass is 79.9. The number of carbonyl (C=O) groups excluding carboxylic acids is 1. The van der Waals surface area contributed by atoms with E-state index >= 15 is 0 Å². The van der Waals surface area contributed by atoms with Gasteiger partial charge in [-0.15, -0.1) is 0 Å². The number of halogens is 1. The molecule has 0 saturated carbocycles. The summed E-state index contributed by atoms with van der Waals surface area (Å²) in [7, 11) is -3.93. The molecule has 1 heterocycles. The summed E-state index contributed by atoms with van der Waals surface area (Å²) in [5.41, 5.74) is 2.42. The third-order valence-electron chi connectivity index (χ3n) is 4.39. The third-order valence-corrected chi connectivity index (χ3v) is 6.15. The van der Waals surface area contributed by atoms with Gasteiger partial charge in [-0.2, -0.15) is 8.42 Å². The molecule has 156 valence electrons. The van der Waals surface area contributed by atoms with Gasteiger partial charge in [-0.25, -0.2) is 9.79 Å². The molecule has 1 aliphatic heterocycles. The van der Waals surface area contributed by atoms with Crippen molar-refractivity contribution in [2.45, 2.75) is 11.8 Å². The fourth-order valence-electron chi connectivity index (χ4n) is 2.81. The van der Waals surface area contributed by atoms with E-state index in [0.717, 1.165) is 10.0 Å². The number of carbonyl (C=O) groups is 1. The molecule has 0 radical (unpaired) electrons. The summed E-state index contributed by atoms with van der Waals surface area (Å²) in [6, 6.07) is 20.0. The van der Waals surface area contributed by atoms with E-state index in [9.17, 15) is 13.2 Å². The summed E-state index contributed by atoms with van der Waals surface area (Å²) >= 11 is 3.37. The molecule has 0 amide bonds. The Balaban J connectivity index is 1.52. The van der Waals surface area contributed by atoms with Gasteiger partial charge in [0, 0.05) is 10.0 Å². The Morgan fingerprint density at radius 2 is 1.71 bits per heavy atom. The van der Waals surface area contributed by atoms with Gasteiger partial charge in [0.15, 0.2) is 5.70 Å². The number of hydrogen-bond acceptors (Lipinski definition) is 6. The fourth-order valence-corrected chi connectivity index (χ4v) is 4.14. The van der Waals surface area contributed by atoms with E-state index in [1.165, 1.54) is 24.3 Å². The average molecular weight is 498 g/mol. The topological polar surface area (TPSA) is 82.0 Å². The van der Waals surface area contributed by atoms with Crippen LogP contribution in [0.15, 0.2) is 92.9 Å². The van der Waals surface area contributed by atoms with E-state index < -0.39 is 16.1 Å². The van der Waals surface area contributed by atoms with Gasteiger partial charge in [-0.3, -0.25) is 0 Å². The van der Waals surface area contributed by atoms with Crippen molar-refractivity contribution >= 4 is 44.0 Å². The van der Waals surface area contributed by atoms with Crippen molar-refractivity contribution in [3.05, 3.63) is 99.7 Å². The number of cyclic esters (lactones) is 1. The molecule has 3 aromatic rings. The number of hydrogen-bond donors (Lipinski definition) is 0. The Bertz CT molecular complexity index is 1310. The van der Waals surface area contributed by atoms with Crippen LogP contribution in [0.25, 0.3) is 6.08 Å². The van der Waals surface area contributed by atoms with E-state index in [2.05, 4.69) is 20.9 Å². The smallest absolute Gasteiger partial charge is 0.363 e. The molecule has 0 saturated heterocycles. The molecule has 0 bridgehead atoms. The zero-order valence-corrected chi connectivity index (χ0v) is 18.7. The van der Waals surface area contributed by atoms with Crippen LogP contribution in [0.5, 0.6) is 5.75 Å². The molecule has 1 aliphatic rings. The lowest BCUT2D eigenvalue weighted by Crippen LogP contribution is -2.09. The maximum absolute atomic E-state index is 12.4. The van der Waals surface area contributed by atoms with Crippen LogP contribution < -0.4 is 4.18 Å². The van der Waals surface area contributed by atoms with Crippen molar-refractivity contribution in [3.8, 4) is 5.75 Å². The second-order valence-electron chi connectivity index (χ2n) is 6.77. The fraction of sp³-hybridized carbons (Fsp3) is 0.0435. The van der Waals surface area contributed by atoms with Crippen molar-refractivity contribution < 1.29 is 22.1 Å². The zero-order valence-electron chi connectivity index (χ0n) is 16.3. The van der Waals surface area contributed by atoms with Gasteiger partial charge in [-0.05, 0) is 61.0 Å². The van der Waals surface area contributed by atoms with Gasteiger partial charge in [-0.1, -0.05) is 51.8 Å². The van der Waals surface area contributed by atoms with Gasteiger partial charge in [0.05, 0.1) is 0 Å². The molecule has 8 heteroatoms. The number of benzene rings is 3. The number of rotatable bonds is 5. The molecule has 0 fully saturated rings. The van der Waals surface area contributed by atoms with Crippen molar-refractivity contribution in [1.29, 1.82) is 0 Å². The van der Waals surface area contributed by atoms with Crippen molar-refractivity contribution in [2.75, 3.05) is 0 Å². The Hall–Kier alpha value is -3.23. The quantitative estimate of drug-likeness (QED) is 0.285. The first kappa shape index (κ1) is 21.0. The summed E-state index contributed by atoms with van der Waals surface area (Å²) in [5, 5.41) is 0. The molecule has 6 nitrogen and oxygen atoms in total. The number of aryl methyl sites for hydroxylation is 1. The number of aliphatic imine (C=N–C) groups is 1. The second-order valence-corrected chi connectivity index (χ2v) is 9.23. The van der Waals surface area contributed by atoms with E-state index in [1.807, 2.05) is 19.1 Å². The standard InChI is InChI=1S/C23H16BrNO5S/c1-15-5-11-20(12-6-15)31(27,28)30-19-9-7-16(8-10-19)13-21-23(26)29-22(25-21)17-3-2-4-18(24)14-17/h2-14H,1H3. The molecular formula is C23H16BrNO5S. The van der Waals surface area contributed by atoms with Crippen molar-refractivity contribution in [3.63, 3.8) is 0 Å². The molecular weight excluding hydrogens is 482 g/mol. The highest BCUT2D eigenvalue weighted by Gasteiger charge is 2.24. The lowest BCUT2D eigenvalue weighted by molar-refractivity contribution is -0.129. The largest absolute Gasteiger partial charge is 0.402 e. The monoisotopic (exact) mass is 497 g/mol. The van der Waals surface area contributed by atoms with Crippen LogP contribution >= 0.6 is 15.9 Å². The van der Waals surface area contributed by atoms with Crippen molar-refractivity contribution in [2.24, 2.45) is 4.99 Å². The van der Waals surface area contributed by atoms with Gasteiger partial charge in [0.1, 0.15) is 10.6 Å². The maximum atomic E-state index is 12.4. The molecule has 3 aromatic carbocycles. The van der Waals surface area contributed by atoms with Gasteiger partial charge < -0.3 is 8.92 Å². The van der Waals surface area contributed by atoms with Crippen LogP contribution in [-0.4, -0.2) is 20.3 Å². The lowest BCUT2D eigenvalue weighted by atomic mass is 10.2. The lowest BCUT2D eigenvalue weighted by Gasteiger charge is -2.07. The Labute approximate surface area is 188 Å². The first-order valence-electron chi connectivity index (χ1n) is 9.20. The van der Waals surface area contributed by atoms with E-state index in [0.29, 0.717) is 11.1 Å². The van der Waals surface area contributed by atoms with Crippen LogP contribution in [0, 0.1) is 6.92 Å². The van der Waals surface area contributed by atoms with Crippen LogP contribution in [0.3, 0.4) is 0 Å². The Morgan fingerprint density at radius 1 is 1.00 bits per heavy atom. The molecule has 0 aromatic heterocycles. The average Bonchev–Trinajstić information content (AvgIpc) is 3.10. The molecule has 0 unspecified atom stereocenters. The van der Waals surface area contributed by atoms with Crippen LogP contribution in [0.1, 0.15) is 16.7 Å². The summed E-state index contributed by atoms with van der Waals surface area (Å²) < 4.78 is 36.1. The minimum absolute atomic E-state index is 0.0763. The van der Waals surface area contributed by atoms with Gasteiger partial charge >= 0.3 is 16.1 Å². The summed E-state index contributed by atoms with van der Waals surface area (Å²) in [5.74, 6) is -0.172. The number of ether oxygens (including phenoxy) is 1. The van der Waals surface area contributed by atoms with E-state index in [4.69, 9.17) is 8.92 Å². The first-order chi connectivity index (χ1) is 14.8. The van der Waals surface area contributed by atoms with Crippen LogP contribution in [-0.2, 0) is 19.6 Å². The second kappa shape index (κ2) is 8.49. The molecule has 0 atom stereocenters. The summed E-state index contributed by atoms with van der Waals surface area (Å²) in [6.07, 6.45) is 1.56. The summed E-state index contributed by atoms with van der Waals surface area (Å²) in [4.78, 5) is 16.5. The molecule has 0 aliphatic carbocycles. The van der Waals surface area contributed by atoms with E-state index in [-0.39, 0.29) is 22.2 Å². The number of esters is 1. The molecule has 0 N–H and O–H groups in total. The highest BCUT2D eigenvalue weighted by Crippen LogP contribution is 2.23.